The lowest BCUT2D eigenvalue weighted by atomic mass is 10.0. The van der Waals surface area contributed by atoms with Gasteiger partial charge in [-0.25, -0.2) is 4.39 Å². The van der Waals surface area contributed by atoms with Crippen LogP contribution in [0.5, 0.6) is 0 Å². The van der Waals surface area contributed by atoms with E-state index in [0.717, 1.165) is 18.2 Å². The van der Waals surface area contributed by atoms with Crippen molar-refractivity contribution in [2.45, 2.75) is 6.18 Å². The summed E-state index contributed by atoms with van der Waals surface area (Å²) in [5.74, 6) is -0.665. The summed E-state index contributed by atoms with van der Waals surface area (Å²) in [6.45, 7) is 0. The second kappa shape index (κ2) is 4.92. The summed E-state index contributed by atoms with van der Waals surface area (Å²) < 4.78 is 51.5. The number of alkyl halides is 3. The van der Waals surface area contributed by atoms with E-state index in [0.29, 0.717) is 6.07 Å². The Kier molecular flexibility index (Phi) is 3.44. The van der Waals surface area contributed by atoms with Crippen LogP contribution >= 0.6 is 0 Å². The summed E-state index contributed by atoms with van der Waals surface area (Å²) in [7, 11) is 0. The first-order valence-corrected chi connectivity index (χ1v) is 5.41. The third-order valence-corrected chi connectivity index (χ3v) is 2.68. The van der Waals surface area contributed by atoms with E-state index in [2.05, 4.69) is 0 Å². The maximum atomic E-state index is 13.6. The van der Waals surface area contributed by atoms with Gasteiger partial charge in [-0.2, -0.15) is 13.2 Å². The Morgan fingerprint density at radius 3 is 2.25 bits per heavy atom. The second-order valence-corrected chi connectivity index (χ2v) is 3.97. The van der Waals surface area contributed by atoms with Gasteiger partial charge < -0.3 is 0 Å². The topological polar surface area (TPSA) is 43.1 Å². The van der Waals surface area contributed by atoms with E-state index in [1.165, 1.54) is 18.2 Å². The molecule has 0 saturated heterocycles. The molecule has 20 heavy (non-hydrogen) atoms. The largest absolute Gasteiger partial charge is 0.422 e. The average molecular weight is 285 g/mol. The fraction of sp³-hybridized carbons (Fsp3) is 0.0769. The van der Waals surface area contributed by atoms with Crippen molar-refractivity contribution in [1.82, 2.24) is 0 Å². The molecule has 0 aliphatic heterocycles. The number of hydrogen-bond acceptors (Lipinski definition) is 2. The van der Waals surface area contributed by atoms with Crippen molar-refractivity contribution in [3.63, 3.8) is 0 Å². The van der Waals surface area contributed by atoms with Gasteiger partial charge in [0.1, 0.15) is 11.4 Å². The molecule has 0 unspecified atom stereocenters. The van der Waals surface area contributed by atoms with Crippen molar-refractivity contribution >= 4 is 5.69 Å². The molecule has 7 heteroatoms. The van der Waals surface area contributed by atoms with E-state index in [1.807, 2.05) is 0 Å². The van der Waals surface area contributed by atoms with E-state index in [-0.39, 0.29) is 11.1 Å². The zero-order chi connectivity index (χ0) is 14.9. The lowest BCUT2D eigenvalue weighted by Gasteiger charge is -2.09. The average Bonchev–Trinajstić information content (AvgIpc) is 2.37. The SMILES string of the molecule is O=[N+]([O-])c1cc(-c2ccccc2F)ccc1C(F)(F)F. The molecule has 2 rings (SSSR count). The van der Waals surface area contributed by atoms with Crippen LogP contribution in [0.3, 0.4) is 0 Å². The van der Waals surface area contributed by atoms with E-state index in [4.69, 9.17) is 0 Å². The van der Waals surface area contributed by atoms with Gasteiger partial charge in [-0.15, -0.1) is 0 Å². The summed E-state index contributed by atoms with van der Waals surface area (Å²) in [5.41, 5.74) is -2.44. The third-order valence-electron chi connectivity index (χ3n) is 2.68. The number of nitrogens with zero attached hydrogens (tertiary/aromatic N) is 1. The van der Waals surface area contributed by atoms with E-state index < -0.39 is 28.2 Å². The first-order chi connectivity index (χ1) is 9.30. The minimum absolute atomic E-state index is 0.00400. The lowest BCUT2D eigenvalue weighted by molar-refractivity contribution is -0.388. The van der Waals surface area contributed by atoms with Gasteiger partial charge in [-0.3, -0.25) is 10.1 Å². The molecule has 0 heterocycles. The molecule has 0 bridgehead atoms. The van der Waals surface area contributed by atoms with Gasteiger partial charge in [0.25, 0.3) is 5.69 Å². The third kappa shape index (κ3) is 2.61. The van der Waals surface area contributed by atoms with E-state index in [1.54, 1.807) is 0 Å². The lowest BCUT2D eigenvalue weighted by Crippen LogP contribution is -2.08. The summed E-state index contributed by atoms with van der Waals surface area (Å²) in [5, 5.41) is 10.7. The fourth-order valence-electron chi connectivity index (χ4n) is 1.79. The molecule has 0 aliphatic carbocycles. The molecule has 104 valence electrons. The molecule has 0 atom stereocenters. The molecule has 0 fully saturated rings. The van der Waals surface area contributed by atoms with Gasteiger partial charge in [-0.05, 0) is 17.7 Å². The summed E-state index contributed by atoms with van der Waals surface area (Å²) in [6.07, 6.45) is -4.84. The predicted molar refractivity (Wildman–Crippen MR) is 63.5 cm³/mol. The Morgan fingerprint density at radius 1 is 1.05 bits per heavy atom. The van der Waals surface area contributed by atoms with Crippen LogP contribution in [0.1, 0.15) is 5.56 Å². The highest BCUT2D eigenvalue weighted by Gasteiger charge is 2.38. The molecule has 0 aromatic heterocycles. The molecule has 0 N–H and O–H groups in total. The monoisotopic (exact) mass is 285 g/mol. The Balaban J connectivity index is 2.63. The maximum Gasteiger partial charge on any atom is 0.422 e. The van der Waals surface area contributed by atoms with E-state index >= 15 is 0 Å². The van der Waals surface area contributed by atoms with Crippen LogP contribution < -0.4 is 0 Å². The summed E-state index contributed by atoms with van der Waals surface area (Å²) in [4.78, 5) is 9.62. The molecular weight excluding hydrogens is 278 g/mol. The Morgan fingerprint density at radius 2 is 1.70 bits per heavy atom. The van der Waals surface area contributed by atoms with Gasteiger partial charge in [0.05, 0.1) is 4.92 Å². The van der Waals surface area contributed by atoms with Gasteiger partial charge in [0.2, 0.25) is 0 Å². The molecule has 0 spiro atoms. The number of hydrogen-bond donors (Lipinski definition) is 0. The standard InChI is InChI=1S/C13H7F4NO2/c14-11-4-2-1-3-9(11)8-5-6-10(13(15,16)17)12(7-8)18(19)20/h1-7H. The molecule has 2 aromatic carbocycles. The highest BCUT2D eigenvalue weighted by Crippen LogP contribution is 2.38. The van der Waals surface area contributed by atoms with Crippen LogP contribution in [-0.2, 0) is 6.18 Å². The van der Waals surface area contributed by atoms with Gasteiger partial charge >= 0.3 is 6.18 Å². The number of benzene rings is 2. The molecule has 0 saturated carbocycles. The van der Waals surface area contributed by atoms with Crippen LogP contribution in [0.4, 0.5) is 23.2 Å². The molecule has 0 amide bonds. The van der Waals surface area contributed by atoms with Crippen LogP contribution in [0, 0.1) is 15.9 Å². The van der Waals surface area contributed by atoms with Crippen molar-refractivity contribution in [3.8, 4) is 11.1 Å². The molecule has 3 nitrogen and oxygen atoms in total. The van der Waals surface area contributed by atoms with Crippen molar-refractivity contribution in [2.75, 3.05) is 0 Å². The number of nitro groups is 1. The Hall–Kier alpha value is -2.44. The van der Waals surface area contributed by atoms with Gasteiger partial charge in [-0.1, -0.05) is 24.3 Å². The van der Waals surface area contributed by atoms with Crippen molar-refractivity contribution in [1.29, 1.82) is 0 Å². The van der Waals surface area contributed by atoms with Crippen molar-refractivity contribution in [3.05, 3.63) is 64.0 Å². The van der Waals surface area contributed by atoms with Crippen molar-refractivity contribution in [2.24, 2.45) is 0 Å². The van der Waals surface area contributed by atoms with Gasteiger partial charge in [0.15, 0.2) is 0 Å². The minimum Gasteiger partial charge on any atom is -0.258 e. The zero-order valence-corrected chi connectivity index (χ0v) is 9.82. The van der Waals surface area contributed by atoms with Crippen LogP contribution in [0.2, 0.25) is 0 Å². The number of halogens is 4. The highest BCUT2D eigenvalue weighted by atomic mass is 19.4. The Labute approximate surface area is 110 Å². The Bertz CT molecular complexity index is 668. The van der Waals surface area contributed by atoms with Crippen LogP contribution in [-0.4, -0.2) is 4.92 Å². The molecule has 0 aliphatic rings. The fourth-order valence-corrected chi connectivity index (χ4v) is 1.79. The van der Waals surface area contributed by atoms with Crippen LogP contribution in [0.15, 0.2) is 42.5 Å². The minimum atomic E-state index is -4.84. The predicted octanol–water partition coefficient (Wildman–Crippen LogP) is 4.42. The molecule has 0 radical (unpaired) electrons. The zero-order valence-electron chi connectivity index (χ0n) is 9.82. The number of rotatable bonds is 2. The molecule has 2 aromatic rings. The van der Waals surface area contributed by atoms with E-state index in [9.17, 15) is 27.7 Å². The highest BCUT2D eigenvalue weighted by molar-refractivity contribution is 5.68. The molecular formula is C13H7F4NO2. The quantitative estimate of drug-likeness (QED) is 0.465. The first kappa shape index (κ1) is 14.0. The normalized spacial score (nSPS) is 11.4. The second-order valence-electron chi connectivity index (χ2n) is 3.97. The smallest absolute Gasteiger partial charge is 0.258 e. The first-order valence-electron chi connectivity index (χ1n) is 5.41. The van der Waals surface area contributed by atoms with Crippen molar-refractivity contribution < 1.29 is 22.5 Å². The van der Waals surface area contributed by atoms with Gasteiger partial charge in [0, 0.05) is 11.6 Å². The number of nitro benzene ring substituents is 1. The summed E-state index contributed by atoms with van der Waals surface area (Å²) in [6, 6.07) is 7.68. The van der Waals surface area contributed by atoms with Crippen LogP contribution in [0.25, 0.3) is 11.1 Å². The summed E-state index contributed by atoms with van der Waals surface area (Å²) >= 11 is 0. The maximum absolute atomic E-state index is 13.6.